The number of rotatable bonds is 1. The van der Waals surface area contributed by atoms with Crippen molar-refractivity contribution in [3.8, 4) is 5.75 Å². The van der Waals surface area contributed by atoms with Gasteiger partial charge in [0.1, 0.15) is 5.75 Å². The summed E-state index contributed by atoms with van der Waals surface area (Å²) in [4.78, 5) is 13.3. The lowest BCUT2D eigenvalue weighted by Gasteiger charge is -2.18. The smallest absolute Gasteiger partial charge is 0.228 e. The van der Waals surface area contributed by atoms with Crippen molar-refractivity contribution in [2.45, 2.75) is 19.4 Å². The van der Waals surface area contributed by atoms with Crippen molar-refractivity contribution >= 4 is 11.6 Å². The van der Waals surface area contributed by atoms with E-state index in [1.54, 1.807) is 23.1 Å². The third kappa shape index (κ3) is 1.80. The number of benzene rings is 1. The first-order valence-corrected chi connectivity index (χ1v) is 4.93. The Morgan fingerprint density at radius 3 is 2.87 bits per heavy atom. The van der Waals surface area contributed by atoms with Crippen molar-refractivity contribution in [3.05, 3.63) is 23.8 Å². The van der Waals surface area contributed by atoms with Crippen LogP contribution < -0.4 is 10.6 Å². The highest BCUT2D eigenvalue weighted by molar-refractivity contribution is 5.97. The Kier molecular flexibility index (Phi) is 2.36. The number of anilines is 1. The van der Waals surface area contributed by atoms with Gasteiger partial charge in [-0.2, -0.15) is 0 Å². The average Bonchev–Trinajstić information content (AvgIpc) is 2.50. The molecule has 4 heteroatoms. The molecule has 0 saturated carbocycles. The highest BCUT2D eigenvalue weighted by atomic mass is 16.3. The van der Waals surface area contributed by atoms with Crippen molar-refractivity contribution in [2.75, 3.05) is 11.4 Å². The number of aromatic hydroxyl groups is 1. The Hall–Kier alpha value is -1.55. The number of aryl methyl sites for hydroxylation is 1. The van der Waals surface area contributed by atoms with Crippen molar-refractivity contribution in [2.24, 2.45) is 5.73 Å². The van der Waals surface area contributed by atoms with E-state index >= 15 is 0 Å². The monoisotopic (exact) mass is 206 g/mol. The quantitative estimate of drug-likeness (QED) is 0.713. The molecule has 0 bridgehead atoms. The van der Waals surface area contributed by atoms with E-state index in [9.17, 15) is 9.90 Å². The molecular formula is C11H14N2O2. The predicted molar refractivity (Wildman–Crippen MR) is 57.8 cm³/mol. The maximum atomic E-state index is 11.6. The van der Waals surface area contributed by atoms with Crippen molar-refractivity contribution in [1.82, 2.24) is 0 Å². The lowest BCUT2D eigenvalue weighted by Crippen LogP contribution is -2.28. The molecule has 1 aliphatic heterocycles. The second-order valence-corrected chi connectivity index (χ2v) is 3.94. The Morgan fingerprint density at radius 2 is 2.27 bits per heavy atom. The molecule has 2 rings (SSSR count). The second kappa shape index (κ2) is 3.55. The van der Waals surface area contributed by atoms with Crippen LogP contribution in [0.5, 0.6) is 5.75 Å². The summed E-state index contributed by atoms with van der Waals surface area (Å²) >= 11 is 0. The first-order chi connectivity index (χ1) is 7.08. The number of nitrogens with zero attached hydrogens (tertiary/aromatic N) is 1. The molecule has 1 aliphatic rings. The van der Waals surface area contributed by atoms with Crippen LogP contribution in [0.25, 0.3) is 0 Å². The molecule has 1 aromatic carbocycles. The summed E-state index contributed by atoms with van der Waals surface area (Å²) in [6.07, 6.45) is 0.384. The number of hydrogen-bond acceptors (Lipinski definition) is 3. The zero-order valence-electron chi connectivity index (χ0n) is 8.60. The van der Waals surface area contributed by atoms with Crippen LogP contribution in [0.1, 0.15) is 12.0 Å². The zero-order chi connectivity index (χ0) is 11.0. The number of carbonyl (C=O) groups excluding carboxylic acids is 1. The molecule has 1 fully saturated rings. The fourth-order valence-corrected chi connectivity index (χ4v) is 1.86. The van der Waals surface area contributed by atoms with Gasteiger partial charge in [-0.25, -0.2) is 0 Å². The molecule has 3 N–H and O–H groups in total. The largest absolute Gasteiger partial charge is 0.508 e. The van der Waals surface area contributed by atoms with Crippen LogP contribution in [0.2, 0.25) is 0 Å². The van der Waals surface area contributed by atoms with E-state index in [1.165, 1.54) is 0 Å². The summed E-state index contributed by atoms with van der Waals surface area (Å²) < 4.78 is 0. The molecule has 1 amide bonds. The molecule has 1 aromatic rings. The summed E-state index contributed by atoms with van der Waals surface area (Å²) in [6, 6.07) is 4.91. The van der Waals surface area contributed by atoms with Crippen LogP contribution in [-0.4, -0.2) is 23.6 Å². The summed E-state index contributed by atoms with van der Waals surface area (Å²) in [5, 5.41) is 9.38. The minimum Gasteiger partial charge on any atom is -0.508 e. The second-order valence-electron chi connectivity index (χ2n) is 3.94. The molecule has 1 atom stereocenters. The fraction of sp³-hybridized carbons (Fsp3) is 0.364. The molecule has 0 radical (unpaired) electrons. The van der Waals surface area contributed by atoms with Gasteiger partial charge in [-0.1, -0.05) is 6.07 Å². The molecular weight excluding hydrogens is 192 g/mol. The van der Waals surface area contributed by atoms with Gasteiger partial charge in [0.2, 0.25) is 5.91 Å². The zero-order valence-corrected chi connectivity index (χ0v) is 8.60. The van der Waals surface area contributed by atoms with Gasteiger partial charge < -0.3 is 15.7 Å². The summed E-state index contributed by atoms with van der Waals surface area (Å²) in [5.74, 6) is 0.195. The number of phenols is 1. The van der Waals surface area contributed by atoms with Gasteiger partial charge in [-0.05, 0) is 18.6 Å². The number of amides is 1. The van der Waals surface area contributed by atoms with Crippen LogP contribution >= 0.6 is 0 Å². The van der Waals surface area contributed by atoms with E-state index in [1.807, 2.05) is 6.92 Å². The van der Waals surface area contributed by atoms with Crippen molar-refractivity contribution in [3.63, 3.8) is 0 Å². The fourth-order valence-electron chi connectivity index (χ4n) is 1.86. The number of nitrogens with two attached hydrogens (primary N) is 1. The maximum Gasteiger partial charge on any atom is 0.228 e. The van der Waals surface area contributed by atoms with Gasteiger partial charge in [-0.3, -0.25) is 4.79 Å². The third-order valence-electron chi connectivity index (χ3n) is 2.64. The molecule has 1 heterocycles. The average molecular weight is 206 g/mol. The molecule has 0 spiro atoms. The first kappa shape index (κ1) is 9.98. The summed E-state index contributed by atoms with van der Waals surface area (Å²) in [5.41, 5.74) is 7.44. The lowest BCUT2D eigenvalue weighted by molar-refractivity contribution is -0.117. The molecule has 0 aliphatic carbocycles. The molecule has 1 saturated heterocycles. The van der Waals surface area contributed by atoms with Gasteiger partial charge in [0.15, 0.2) is 0 Å². The Labute approximate surface area is 88.3 Å². The Balaban J connectivity index is 2.37. The first-order valence-electron chi connectivity index (χ1n) is 4.93. The van der Waals surface area contributed by atoms with Gasteiger partial charge in [0.05, 0.1) is 5.69 Å². The third-order valence-corrected chi connectivity index (χ3v) is 2.64. The van der Waals surface area contributed by atoms with Gasteiger partial charge in [0.25, 0.3) is 0 Å². The number of phenolic OH excluding ortho intramolecular Hbond substituents is 1. The minimum absolute atomic E-state index is 0.0243. The van der Waals surface area contributed by atoms with Crippen LogP contribution in [-0.2, 0) is 4.79 Å². The number of hydrogen-bond donors (Lipinski definition) is 2. The molecule has 0 aromatic heterocycles. The van der Waals surface area contributed by atoms with Crippen LogP contribution in [0.3, 0.4) is 0 Å². The van der Waals surface area contributed by atoms with Gasteiger partial charge >= 0.3 is 0 Å². The number of carbonyl (C=O) groups is 1. The van der Waals surface area contributed by atoms with Crippen LogP contribution in [0, 0.1) is 6.92 Å². The molecule has 15 heavy (non-hydrogen) atoms. The van der Waals surface area contributed by atoms with E-state index < -0.39 is 0 Å². The summed E-state index contributed by atoms with van der Waals surface area (Å²) in [7, 11) is 0. The summed E-state index contributed by atoms with van der Waals surface area (Å²) in [6.45, 7) is 2.44. The molecule has 1 unspecified atom stereocenters. The Morgan fingerprint density at radius 1 is 1.53 bits per heavy atom. The Bertz CT molecular complexity index is 404. The molecule has 80 valence electrons. The van der Waals surface area contributed by atoms with Gasteiger partial charge in [-0.15, -0.1) is 0 Å². The van der Waals surface area contributed by atoms with E-state index in [0.29, 0.717) is 13.0 Å². The van der Waals surface area contributed by atoms with Crippen molar-refractivity contribution in [1.29, 1.82) is 0 Å². The normalized spacial score (nSPS) is 21.1. The van der Waals surface area contributed by atoms with E-state index in [-0.39, 0.29) is 17.7 Å². The highest BCUT2D eigenvalue weighted by Crippen LogP contribution is 2.28. The SMILES string of the molecule is Cc1ccc(O)cc1N1CC(N)CC1=O. The molecule has 4 nitrogen and oxygen atoms in total. The van der Waals surface area contributed by atoms with Crippen LogP contribution in [0.4, 0.5) is 5.69 Å². The topological polar surface area (TPSA) is 66.6 Å². The predicted octanol–water partition coefficient (Wildman–Crippen LogP) is 0.765. The maximum absolute atomic E-state index is 11.6. The highest BCUT2D eigenvalue weighted by Gasteiger charge is 2.28. The van der Waals surface area contributed by atoms with Crippen molar-refractivity contribution < 1.29 is 9.90 Å². The lowest BCUT2D eigenvalue weighted by atomic mass is 10.2. The van der Waals surface area contributed by atoms with Gasteiger partial charge in [0, 0.05) is 25.1 Å². The van der Waals surface area contributed by atoms with Crippen LogP contribution in [0.15, 0.2) is 18.2 Å². The standard InChI is InChI=1S/C11H14N2O2/c1-7-2-3-9(14)5-10(7)13-6-8(12)4-11(13)15/h2-3,5,8,14H,4,6,12H2,1H3. The van der Waals surface area contributed by atoms with E-state index in [4.69, 9.17) is 5.73 Å². The van der Waals surface area contributed by atoms with E-state index in [0.717, 1.165) is 11.3 Å². The minimum atomic E-state index is -0.0979. The van der Waals surface area contributed by atoms with E-state index in [2.05, 4.69) is 0 Å².